The minimum Gasteiger partial charge on any atom is -0.444 e. The minimum atomic E-state index is -0.959. The number of amides is 1. The molecule has 2 N–H and O–H groups in total. The highest BCUT2D eigenvalue weighted by molar-refractivity contribution is 7.11. The van der Waals surface area contributed by atoms with E-state index in [-0.39, 0.29) is 18.6 Å². The molecule has 1 amide bonds. The number of hydrogen-bond donors (Lipinski definition) is 2. The summed E-state index contributed by atoms with van der Waals surface area (Å²) in [6.07, 6.45) is 2.88. The average molecular weight is 368 g/mol. The van der Waals surface area contributed by atoms with Crippen molar-refractivity contribution in [3.05, 3.63) is 76.1 Å². The van der Waals surface area contributed by atoms with E-state index in [1.54, 1.807) is 12.2 Å². The molecule has 2 heterocycles. The SMILES string of the molecule is O=CC(=O)C1NC(c2cccs2)=CC=C1NC(=O)OCc1ccccc1. The van der Waals surface area contributed by atoms with Crippen LogP contribution < -0.4 is 10.6 Å². The number of ether oxygens (including phenoxy) is 1. The molecular formula is C19H16N2O4S. The number of nitrogens with one attached hydrogen (secondary N) is 2. The van der Waals surface area contributed by atoms with Gasteiger partial charge in [0.2, 0.25) is 5.78 Å². The molecule has 7 heteroatoms. The number of Topliss-reactive ketones (excluding diaryl/α,β-unsaturated/α-hetero) is 1. The minimum absolute atomic E-state index is 0.107. The van der Waals surface area contributed by atoms with Crippen LogP contribution in [0.15, 0.2) is 65.7 Å². The average Bonchev–Trinajstić information content (AvgIpc) is 3.21. The van der Waals surface area contributed by atoms with Gasteiger partial charge in [0.25, 0.3) is 0 Å². The fourth-order valence-corrected chi connectivity index (χ4v) is 3.13. The first-order valence-electron chi connectivity index (χ1n) is 7.86. The lowest BCUT2D eigenvalue weighted by atomic mass is 10.0. The molecule has 0 radical (unpaired) electrons. The van der Waals surface area contributed by atoms with Gasteiger partial charge in [-0.2, -0.15) is 0 Å². The zero-order valence-electron chi connectivity index (χ0n) is 13.7. The fraction of sp³-hybridized carbons (Fsp3) is 0.105. The molecule has 3 rings (SSSR count). The van der Waals surface area contributed by atoms with E-state index in [9.17, 15) is 14.4 Å². The topological polar surface area (TPSA) is 84.5 Å². The molecule has 0 fully saturated rings. The number of carbonyl (C=O) groups excluding carboxylic acids is 3. The Bertz CT molecular complexity index is 857. The number of dihydropyridines is 1. The molecule has 0 spiro atoms. The quantitative estimate of drug-likeness (QED) is 0.605. The van der Waals surface area contributed by atoms with Crippen LogP contribution in [-0.2, 0) is 20.9 Å². The molecule has 132 valence electrons. The summed E-state index contributed by atoms with van der Waals surface area (Å²) < 4.78 is 5.15. The van der Waals surface area contributed by atoms with E-state index in [0.717, 1.165) is 10.4 Å². The lowest BCUT2D eigenvalue weighted by molar-refractivity contribution is -0.130. The van der Waals surface area contributed by atoms with Crippen LogP contribution in [0.1, 0.15) is 10.4 Å². The van der Waals surface area contributed by atoms with E-state index >= 15 is 0 Å². The molecule has 1 aliphatic heterocycles. The maximum Gasteiger partial charge on any atom is 0.411 e. The fourth-order valence-electron chi connectivity index (χ4n) is 2.42. The summed E-state index contributed by atoms with van der Waals surface area (Å²) in [5, 5.41) is 7.43. The van der Waals surface area contributed by atoms with E-state index < -0.39 is 17.9 Å². The predicted octanol–water partition coefficient (Wildman–Crippen LogP) is 2.64. The molecule has 2 aromatic rings. The van der Waals surface area contributed by atoms with E-state index in [2.05, 4.69) is 10.6 Å². The first-order chi connectivity index (χ1) is 12.7. The molecule has 1 aromatic carbocycles. The summed E-state index contributed by atoms with van der Waals surface area (Å²) in [5.74, 6) is -0.679. The van der Waals surface area contributed by atoms with Gasteiger partial charge in [-0.1, -0.05) is 36.4 Å². The largest absolute Gasteiger partial charge is 0.444 e. The van der Waals surface area contributed by atoms with Gasteiger partial charge in [0.05, 0.1) is 16.3 Å². The molecule has 0 bridgehead atoms. The molecule has 6 nitrogen and oxygen atoms in total. The lowest BCUT2D eigenvalue weighted by Crippen LogP contribution is -2.45. The molecule has 1 atom stereocenters. The van der Waals surface area contributed by atoms with E-state index in [1.165, 1.54) is 11.3 Å². The van der Waals surface area contributed by atoms with Gasteiger partial charge in [-0.25, -0.2) is 4.79 Å². The zero-order chi connectivity index (χ0) is 18.4. The van der Waals surface area contributed by atoms with Crippen LogP contribution in [0.3, 0.4) is 0 Å². The van der Waals surface area contributed by atoms with Crippen molar-refractivity contribution >= 4 is 35.2 Å². The van der Waals surface area contributed by atoms with Gasteiger partial charge in [0, 0.05) is 0 Å². The van der Waals surface area contributed by atoms with Gasteiger partial charge < -0.3 is 10.1 Å². The Kier molecular flexibility index (Phi) is 5.60. The Balaban J connectivity index is 1.69. The Morgan fingerprint density at radius 2 is 1.96 bits per heavy atom. The molecule has 1 aliphatic rings. The summed E-state index contributed by atoms with van der Waals surface area (Å²) >= 11 is 1.50. The monoisotopic (exact) mass is 368 g/mol. The third kappa shape index (κ3) is 4.25. The number of hydrogen-bond acceptors (Lipinski definition) is 6. The highest BCUT2D eigenvalue weighted by Gasteiger charge is 2.27. The van der Waals surface area contributed by atoms with Gasteiger partial charge in [-0.15, -0.1) is 11.3 Å². The number of ketones is 1. The van der Waals surface area contributed by atoms with Gasteiger partial charge in [-0.05, 0) is 29.2 Å². The van der Waals surface area contributed by atoms with Crippen LogP contribution in [-0.4, -0.2) is 24.2 Å². The van der Waals surface area contributed by atoms with E-state index in [0.29, 0.717) is 5.70 Å². The van der Waals surface area contributed by atoms with Crippen LogP contribution in [0.25, 0.3) is 5.70 Å². The van der Waals surface area contributed by atoms with E-state index in [1.807, 2.05) is 47.8 Å². The van der Waals surface area contributed by atoms with Gasteiger partial charge in [-0.3, -0.25) is 14.9 Å². The van der Waals surface area contributed by atoms with E-state index in [4.69, 9.17) is 4.74 Å². The molecule has 0 saturated heterocycles. The number of aldehydes is 1. The summed E-state index contributed by atoms with van der Waals surface area (Å²) in [7, 11) is 0. The second-order valence-electron chi connectivity index (χ2n) is 5.46. The van der Waals surface area contributed by atoms with Gasteiger partial charge >= 0.3 is 6.09 Å². The molecule has 1 unspecified atom stereocenters. The molecular weight excluding hydrogens is 352 g/mol. The van der Waals surface area contributed by atoms with Crippen molar-refractivity contribution in [2.45, 2.75) is 12.6 Å². The Morgan fingerprint density at radius 3 is 2.65 bits per heavy atom. The molecule has 1 aromatic heterocycles. The number of rotatable bonds is 6. The van der Waals surface area contributed by atoms with Crippen LogP contribution in [0, 0.1) is 0 Å². The zero-order valence-corrected chi connectivity index (χ0v) is 14.5. The number of thiophene rings is 1. The van der Waals surface area contributed by atoms with Crippen LogP contribution >= 0.6 is 11.3 Å². The summed E-state index contributed by atoms with van der Waals surface area (Å²) in [6.45, 7) is 0.107. The van der Waals surface area contributed by atoms with Crippen molar-refractivity contribution in [3.8, 4) is 0 Å². The van der Waals surface area contributed by atoms with Crippen molar-refractivity contribution in [1.82, 2.24) is 10.6 Å². The number of benzene rings is 1. The van der Waals surface area contributed by atoms with Crippen molar-refractivity contribution in [2.75, 3.05) is 0 Å². The van der Waals surface area contributed by atoms with Crippen LogP contribution in [0.5, 0.6) is 0 Å². The Labute approximate surface area is 154 Å². The Hall–Kier alpha value is -3.19. The highest BCUT2D eigenvalue weighted by atomic mass is 32.1. The second-order valence-corrected chi connectivity index (χ2v) is 6.41. The van der Waals surface area contributed by atoms with Gasteiger partial charge in [0.1, 0.15) is 12.6 Å². The first kappa shape index (κ1) is 17.6. The Morgan fingerprint density at radius 1 is 1.15 bits per heavy atom. The maximum absolute atomic E-state index is 12.0. The molecule has 0 saturated carbocycles. The van der Waals surface area contributed by atoms with Crippen LogP contribution in [0.4, 0.5) is 4.79 Å². The first-order valence-corrected chi connectivity index (χ1v) is 8.74. The maximum atomic E-state index is 12.0. The predicted molar refractivity (Wildman–Crippen MR) is 98.1 cm³/mol. The standard InChI is InChI=1S/C19H16N2O4S/c22-11-16(23)18-15(9-8-14(20-18)17-7-4-10-26-17)21-19(24)25-12-13-5-2-1-3-6-13/h1-11,18,20H,12H2,(H,21,24). The summed E-state index contributed by atoms with van der Waals surface area (Å²) in [6, 6.07) is 12.1. The molecule has 26 heavy (non-hydrogen) atoms. The highest BCUT2D eigenvalue weighted by Crippen LogP contribution is 2.22. The van der Waals surface area contributed by atoms with Crippen molar-refractivity contribution in [2.24, 2.45) is 0 Å². The summed E-state index contributed by atoms with van der Waals surface area (Å²) in [5.41, 5.74) is 1.82. The van der Waals surface area contributed by atoms with Gasteiger partial charge in [0.15, 0.2) is 6.29 Å². The number of alkyl carbamates (subject to hydrolysis) is 1. The smallest absolute Gasteiger partial charge is 0.411 e. The normalized spacial score (nSPS) is 15.9. The van der Waals surface area contributed by atoms with Crippen molar-refractivity contribution in [1.29, 1.82) is 0 Å². The van der Waals surface area contributed by atoms with Crippen molar-refractivity contribution in [3.63, 3.8) is 0 Å². The van der Waals surface area contributed by atoms with Crippen molar-refractivity contribution < 1.29 is 19.1 Å². The second kappa shape index (κ2) is 8.26. The molecule has 0 aliphatic carbocycles. The number of allylic oxidation sites excluding steroid dienone is 2. The third-order valence-corrected chi connectivity index (χ3v) is 4.59. The third-order valence-electron chi connectivity index (χ3n) is 3.69. The number of carbonyl (C=O) groups is 3. The lowest BCUT2D eigenvalue weighted by Gasteiger charge is -2.24. The summed E-state index contributed by atoms with van der Waals surface area (Å²) in [4.78, 5) is 35.9. The van der Waals surface area contributed by atoms with Crippen LogP contribution in [0.2, 0.25) is 0 Å².